The molecule has 30 heavy (non-hydrogen) atoms. The zero-order valence-electron chi connectivity index (χ0n) is 15.7. The average Bonchev–Trinajstić information content (AvgIpc) is 2.75. The van der Waals surface area contributed by atoms with Crippen LogP contribution in [-0.2, 0) is 9.59 Å². The van der Waals surface area contributed by atoms with Crippen molar-refractivity contribution >= 4 is 34.8 Å². The van der Waals surface area contributed by atoms with Gasteiger partial charge in [-0.3, -0.25) is 35.9 Å². The fourth-order valence-electron chi connectivity index (χ4n) is 2.05. The summed E-state index contributed by atoms with van der Waals surface area (Å²) in [5, 5.41) is 13.0. The lowest BCUT2D eigenvalue weighted by Crippen LogP contribution is -2.50. The maximum Gasteiger partial charge on any atom is 0.310 e. The summed E-state index contributed by atoms with van der Waals surface area (Å²) in [7, 11) is 1.54. The smallest absolute Gasteiger partial charge is 0.310 e. The molecule has 0 saturated carbocycles. The van der Waals surface area contributed by atoms with Crippen molar-refractivity contribution in [2.75, 3.05) is 20.3 Å². The number of nitro groups is 1. The molecule has 11 nitrogen and oxygen atoms in total. The number of para-hydroxylation sites is 2. The van der Waals surface area contributed by atoms with E-state index in [0.29, 0.717) is 11.5 Å². The molecule has 12 heteroatoms. The SMILES string of the molecule is COc1ccc(OCC(=O)NC(=S)NNC(=O)COc2ccccc2[N+](=O)[O-])cc1. The summed E-state index contributed by atoms with van der Waals surface area (Å²) in [4.78, 5) is 33.9. The fraction of sp³-hybridized carbons (Fsp3) is 0.167. The Morgan fingerprint density at radius 2 is 1.60 bits per heavy atom. The molecule has 2 aromatic rings. The van der Waals surface area contributed by atoms with Crippen molar-refractivity contribution in [2.24, 2.45) is 0 Å². The highest BCUT2D eigenvalue weighted by Gasteiger charge is 2.15. The molecule has 2 aromatic carbocycles. The molecule has 0 aliphatic heterocycles. The standard InChI is InChI=1S/C18H18N4O7S/c1-27-12-6-8-13(9-7-12)28-10-16(23)19-18(30)21-20-17(24)11-29-15-5-3-2-4-14(15)22(25)26/h2-9H,10-11H2,1H3,(H,20,24)(H2,19,21,23,30). The lowest BCUT2D eigenvalue weighted by atomic mass is 10.3. The first-order valence-corrected chi connectivity index (χ1v) is 8.81. The van der Waals surface area contributed by atoms with Crippen molar-refractivity contribution in [3.8, 4) is 17.2 Å². The first-order chi connectivity index (χ1) is 14.4. The van der Waals surface area contributed by atoms with Crippen LogP contribution in [0.25, 0.3) is 0 Å². The van der Waals surface area contributed by atoms with Gasteiger partial charge in [-0.2, -0.15) is 0 Å². The van der Waals surface area contributed by atoms with Gasteiger partial charge >= 0.3 is 5.69 Å². The zero-order chi connectivity index (χ0) is 21.9. The number of methoxy groups -OCH3 is 1. The number of rotatable bonds is 8. The van der Waals surface area contributed by atoms with Crippen LogP contribution in [0.3, 0.4) is 0 Å². The van der Waals surface area contributed by atoms with E-state index < -0.39 is 23.3 Å². The third-order valence-corrected chi connectivity index (χ3v) is 3.62. The van der Waals surface area contributed by atoms with Gasteiger partial charge in [0.05, 0.1) is 12.0 Å². The second kappa shape index (κ2) is 11.2. The molecule has 2 rings (SSSR count). The molecule has 0 atom stereocenters. The van der Waals surface area contributed by atoms with E-state index in [1.54, 1.807) is 24.3 Å². The number of hydrogen-bond acceptors (Lipinski definition) is 8. The maximum absolute atomic E-state index is 11.8. The van der Waals surface area contributed by atoms with Crippen LogP contribution in [0.15, 0.2) is 48.5 Å². The Labute approximate surface area is 176 Å². The van der Waals surface area contributed by atoms with Crippen LogP contribution in [0.4, 0.5) is 5.69 Å². The highest BCUT2D eigenvalue weighted by molar-refractivity contribution is 7.80. The number of nitro benzene ring substituents is 1. The first kappa shape index (κ1) is 22.4. The summed E-state index contributed by atoms with van der Waals surface area (Å²) in [5.41, 5.74) is 4.25. The van der Waals surface area contributed by atoms with E-state index in [1.165, 1.54) is 31.4 Å². The second-order valence-corrected chi connectivity index (χ2v) is 5.94. The highest BCUT2D eigenvalue weighted by Crippen LogP contribution is 2.25. The molecule has 0 spiro atoms. The number of hydrogen-bond donors (Lipinski definition) is 3. The van der Waals surface area contributed by atoms with E-state index in [2.05, 4.69) is 16.2 Å². The van der Waals surface area contributed by atoms with E-state index in [4.69, 9.17) is 26.4 Å². The Balaban J connectivity index is 1.68. The van der Waals surface area contributed by atoms with Crippen molar-refractivity contribution in [3.63, 3.8) is 0 Å². The number of carbonyl (C=O) groups is 2. The van der Waals surface area contributed by atoms with Crippen LogP contribution in [-0.4, -0.2) is 42.2 Å². The Morgan fingerprint density at radius 1 is 0.967 bits per heavy atom. The largest absolute Gasteiger partial charge is 0.497 e. The number of benzene rings is 2. The molecule has 0 heterocycles. The van der Waals surface area contributed by atoms with Gasteiger partial charge in [-0.05, 0) is 42.5 Å². The van der Waals surface area contributed by atoms with Crippen LogP contribution in [0, 0.1) is 10.1 Å². The third kappa shape index (κ3) is 7.24. The minimum Gasteiger partial charge on any atom is -0.497 e. The van der Waals surface area contributed by atoms with Gasteiger partial charge in [-0.1, -0.05) is 12.1 Å². The summed E-state index contributed by atoms with van der Waals surface area (Å²) >= 11 is 4.88. The molecule has 0 radical (unpaired) electrons. The third-order valence-electron chi connectivity index (χ3n) is 3.42. The summed E-state index contributed by atoms with van der Waals surface area (Å²) in [6.45, 7) is -0.808. The summed E-state index contributed by atoms with van der Waals surface area (Å²) in [6, 6.07) is 12.3. The molecule has 0 aromatic heterocycles. The minimum absolute atomic E-state index is 0.0517. The highest BCUT2D eigenvalue weighted by atomic mass is 32.1. The lowest BCUT2D eigenvalue weighted by molar-refractivity contribution is -0.385. The number of ether oxygens (including phenoxy) is 3. The molecular weight excluding hydrogens is 416 g/mol. The van der Waals surface area contributed by atoms with Crippen LogP contribution < -0.4 is 30.4 Å². The minimum atomic E-state index is -0.667. The van der Waals surface area contributed by atoms with E-state index in [9.17, 15) is 19.7 Å². The van der Waals surface area contributed by atoms with Gasteiger partial charge in [0.2, 0.25) is 0 Å². The van der Waals surface area contributed by atoms with E-state index in [-0.39, 0.29) is 23.2 Å². The normalized spacial score (nSPS) is 9.77. The summed E-state index contributed by atoms with van der Waals surface area (Å²) in [5.74, 6) is -0.152. The van der Waals surface area contributed by atoms with Crippen LogP contribution in [0.5, 0.6) is 17.2 Å². The van der Waals surface area contributed by atoms with Gasteiger partial charge < -0.3 is 14.2 Å². The number of thiocarbonyl (C=S) groups is 1. The molecule has 0 saturated heterocycles. The topological polar surface area (TPSA) is 141 Å². The van der Waals surface area contributed by atoms with E-state index in [1.807, 2.05) is 0 Å². The molecule has 0 unspecified atom stereocenters. The average molecular weight is 434 g/mol. The van der Waals surface area contributed by atoms with Crippen molar-refractivity contribution in [1.29, 1.82) is 0 Å². The molecule has 0 aliphatic rings. The number of carbonyl (C=O) groups excluding carboxylic acids is 2. The van der Waals surface area contributed by atoms with Crippen LogP contribution in [0.2, 0.25) is 0 Å². The molecule has 158 valence electrons. The number of nitrogens with zero attached hydrogens (tertiary/aromatic N) is 1. The molecule has 0 aliphatic carbocycles. The Kier molecular flexibility index (Phi) is 8.32. The number of nitrogens with one attached hydrogen (secondary N) is 3. The van der Waals surface area contributed by atoms with Crippen LogP contribution >= 0.6 is 12.2 Å². The molecule has 2 amide bonds. The van der Waals surface area contributed by atoms with Crippen molar-refractivity contribution in [2.45, 2.75) is 0 Å². The monoisotopic (exact) mass is 434 g/mol. The Bertz CT molecular complexity index is 921. The van der Waals surface area contributed by atoms with E-state index >= 15 is 0 Å². The predicted octanol–water partition coefficient (Wildman–Crippen LogP) is 1.08. The van der Waals surface area contributed by atoms with Gasteiger partial charge in [0.1, 0.15) is 11.5 Å². The Morgan fingerprint density at radius 3 is 2.27 bits per heavy atom. The number of amides is 2. The second-order valence-electron chi connectivity index (χ2n) is 5.53. The van der Waals surface area contributed by atoms with Crippen molar-refractivity contribution in [1.82, 2.24) is 16.2 Å². The Hall–Kier alpha value is -3.93. The molecular formula is C18H18N4O7S. The van der Waals surface area contributed by atoms with Crippen molar-refractivity contribution in [3.05, 3.63) is 58.6 Å². The van der Waals surface area contributed by atoms with Crippen molar-refractivity contribution < 1.29 is 28.7 Å². The summed E-state index contributed by atoms with van der Waals surface area (Å²) in [6.07, 6.45) is 0. The lowest BCUT2D eigenvalue weighted by Gasteiger charge is -2.12. The quantitative estimate of drug-likeness (QED) is 0.316. The fourth-order valence-corrected chi connectivity index (χ4v) is 2.22. The van der Waals surface area contributed by atoms with Gasteiger partial charge in [-0.15, -0.1) is 0 Å². The summed E-state index contributed by atoms with van der Waals surface area (Å²) < 4.78 is 15.4. The van der Waals surface area contributed by atoms with Gasteiger partial charge in [-0.25, -0.2) is 0 Å². The van der Waals surface area contributed by atoms with Gasteiger partial charge in [0.15, 0.2) is 24.1 Å². The maximum atomic E-state index is 11.8. The first-order valence-electron chi connectivity index (χ1n) is 8.40. The molecule has 3 N–H and O–H groups in total. The molecule has 0 fully saturated rings. The van der Waals surface area contributed by atoms with Crippen LogP contribution in [0.1, 0.15) is 0 Å². The zero-order valence-corrected chi connectivity index (χ0v) is 16.6. The predicted molar refractivity (Wildman–Crippen MR) is 109 cm³/mol. The van der Waals surface area contributed by atoms with Gasteiger partial charge in [0.25, 0.3) is 11.8 Å². The van der Waals surface area contributed by atoms with E-state index in [0.717, 1.165) is 0 Å². The number of hydrazine groups is 1. The van der Waals surface area contributed by atoms with Gasteiger partial charge in [0, 0.05) is 6.07 Å². The molecule has 0 bridgehead atoms.